The number of benzene rings is 1. The van der Waals surface area contributed by atoms with Crippen molar-refractivity contribution < 1.29 is 47.0 Å². The molecule has 2 N–H and O–H groups in total. The highest BCUT2D eigenvalue weighted by molar-refractivity contribution is 6.62. The normalized spacial score (nSPS) is 25.0. The fraction of sp³-hybridized carbons (Fsp3) is 0.667. The van der Waals surface area contributed by atoms with Gasteiger partial charge in [0.2, 0.25) is 5.60 Å². The maximum Gasteiger partial charge on any atom is 0.494 e. The van der Waals surface area contributed by atoms with Gasteiger partial charge in [0, 0.05) is 19.6 Å². The number of carbonyl (C=O) groups is 2. The fourth-order valence-corrected chi connectivity index (χ4v) is 4.83. The third kappa shape index (κ3) is 4.82. The van der Waals surface area contributed by atoms with Gasteiger partial charge in [-0.05, 0) is 63.2 Å². The summed E-state index contributed by atoms with van der Waals surface area (Å²) in [5.41, 5.74) is -2.37. The molecule has 2 unspecified atom stereocenters. The van der Waals surface area contributed by atoms with Gasteiger partial charge in [-0.2, -0.15) is 13.2 Å². The van der Waals surface area contributed by atoms with Crippen LogP contribution < -0.4 is 5.46 Å². The molecule has 0 radical (unpaired) electrons. The lowest BCUT2D eigenvalue weighted by Crippen LogP contribution is -2.57. The second-order valence-electron chi connectivity index (χ2n) is 10.9. The van der Waals surface area contributed by atoms with Crippen molar-refractivity contribution in [1.29, 1.82) is 0 Å². The molecule has 2 atom stereocenters. The van der Waals surface area contributed by atoms with Gasteiger partial charge >= 0.3 is 19.4 Å². The molecule has 1 aromatic carbocycles. The first-order chi connectivity index (χ1) is 17.0. The quantitative estimate of drug-likeness (QED) is 0.580. The van der Waals surface area contributed by atoms with Gasteiger partial charge in [-0.15, -0.1) is 0 Å². The van der Waals surface area contributed by atoms with Crippen molar-refractivity contribution in [3.05, 3.63) is 28.8 Å². The fourth-order valence-electron chi connectivity index (χ4n) is 4.83. The van der Waals surface area contributed by atoms with Crippen LogP contribution in [0.1, 0.15) is 57.4 Å². The van der Waals surface area contributed by atoms with Crippen molar-refractivity contribution in [2.24, 2.45) is 0 Å². The highest BCUT2D eigenvalue weighted by Gasteiger charge is 2.57. The van der Waals surface area contributed by atoms with Gasteiger partial charge in [0.15, 0.2) is 0 Å². The van der Waals surface area contributed by atoms with Gasteiger partial charge < -0.3 is 29.2 Å². The van der Waals surface area contributed by atoms with Crippen molar-refractivity contribution >= 4 is 24.6 Å². The summed E-state index contributed by atoms with van der Waals surface area (Å²) in [5.74, 6) is -1.46. The van der Waals surface area contributed by atoms with E-state index in [2.05, 4.69) is 0 Å². The maximum atomic E-state index is 13.4. The van der Waals surface area contributed by atoms with Crippen LogP contribution in [0.15, 0.2) is 12.1 Å². The van der Waals surface area contributed by atoms with Crippen molar-refractivity contribution in [2.45, 2.75) is 76.6 Å². The Morgan fingerprint density at radius 2 is 1.73 bits per heavy atom. The predicted molar refractivity (Wildman–Crippen MR) is 126 cm³/mol. The van der Waals surface area contributed by atoms with Gasteiger partial charge in [0.25, 0.3) is 5.91 Å². The predicted octanol–water partition coefficient (Wildman–Crippen LogP) is 2.24. The second kappa shape index (κ2) is 9.14. The first kappa shape index (κ1) is 27.7. The Hall–Kier alpha value is -2.35. The molecule has 3 heterocycles. The Balaban J connectivity index is 1.77. The molecule has 2 fully saturated rings. The van der Waals surface area contributed by atoms with Crippen LogP contribution >= 0.6 is 0 Å². The molecular weight excluding hydrogens is 496 g/mol. The van der Waals surface area contributed by atoms with Gasteiger partial charge in [-0.25, -0.2) is 4.79 Å². The molecule has 13 heteroatoms. The molecule has 2 saturated heterocycles. The van der Waals surface area contributed by atoms with E-state index < -0.39 is 48.1 Å². The Kier molecular flexibility index (Phi) is 6.84. The standard InChI is InChI=1S/C24H32BF3N2O7/c1-21(2)22(3,4)37-25(36-21)15-10-14-6-7-29(19(31)23(5,34)24(26,27)28)12-17(14)16(11-15)18-13-35-9-8-30(18)20(32)33/h10-11,18,34H,6-9,12-13H2,1-5H3,(H,32,33). The molecule has 2 amide bonds. The zero-order chi connectivity index (χ0) is 27.6. The maximum absolute atomic E-state index is 13.4. The summed E-state index contributed by atoms with van der Waals surface area (Å²) < 4.78 is 58.1. The number of nitrogens with zero attached hydrogens (tertiary/aromatic N) is 2. The molecule has 0 aromatic heterocycles. The van der Waals surface area contributed by atoms with Crippen LogP contribution in [-0.4, -0.2) is 88.4 Å². The lowest BCUT2D eigenvalue weighted by molar-refractivity contribution is -0.250. The van der Waals surface area contributed by atoms with Crippen molar-refractivity contribution in [2.75, 3.05) is 26.3 Å². The molecular formula is C24H32BF3N2O7. The number of carbonyl (C=O) groups excluding carboxylic acids is 1. The third-order valence-corrected chi connectivity index (χ3v) is 7.91. The highest BCUT2D eigenvalue weighted by Crippen LogP contribution is 2.39. The van der Waals surface area contributed by atoms with Gasteiger partial charge in [-0.1, -0.05) is 12.1 Å². The number of morpholine rings is 1. The van der Waals surface area contributed by atoms with Crippen LogP contribution in [0.5, 0.6) is 0 Å². The molecule has 3 aliphatic rings. The topological polar surface area (TPSA) is 109 Å². The average Bonchev–Trinajstić information content (AvgIpc) is 3.03. The number of ether oxygens (including phenoxy) is 1. The van der Waals surface area contributed by atoms with Crippen molar-refractivity contribution in [3.8, 4) is 0 Å². The number of rotatable bonds is 3. The largest absolute Gasteiger partial charge is 0.494 e. The van der Waals surface area contributed by atoms with Crippen LogP contribution in [0.4, 0.5) is 18.0 Å². The Labute approximate surface area is 213 Å². The summed E-state index contributed by atoms with van der Waals surface area (Å²) in [7, 11) is -0.748. The van der Waals surface area contributed by atoms with E-state index in [1.54, 1.807) is 6.07 Å². The molecule has 0 aliphatic carbocycles. The SMILES string of the molecule is CC1(C)OB(c2cc3c(c(C4COCCN4C(=O)O)c2)CN(C(=O)C(C)(O)C(F)(F)F)CC3)OC1(C)C. The van der Waals surface area contributed by atoms with E-state index in [0.29, 0.717) is 23.5 Å². The average molecular weight is 528 g/mol. The van der Waals surface area contributed by atoms with E-state index in [4.69, 9.17) is 14.0 Å². The highest BCUT2D eigenvalue weighted by atomic mass is 19.4. The molecule has 4 rings (SSSR count). The van der Waals surface area contributed by atoms with E-state index in [-0.39, 0.29) is 39.3 Å². The monoisotopic (exact) mass is 528 g/mol. The Morgan fingerprint density at radius 3 is 2.30 bits per heavy atom. The number of hydrogen-bond acceptors (Lipinski definition) is 6. The smallest absolute Gasteiger partial charge is 0.465 e. The molecule has 0 spiro atoms. The summed E-state index contributed by atoms with van der Waals surface area (Å²) in [6, 6.07) is 2.81. The minimum atomic E-state index is -5.15. The zero-order valence-corrected chi connectivity index (χ0v) is 21.5. The van der Waals surface area contributed by atoms with Gasteiger partial charge in [-0.3, -0.25) is 9.69 Å². The van der Waals surface area contributed by atoms with E-state index in [9.17, 15) is 33.0 Å². The Bertz CT molecular complexity index is 1080. The summed E-state index contributed by atoms with van der Waals surface area (Å²) in [6.07, 6.45) is -6.10. The van der Waals surface area contributed by atoms with Crippen molar-refractivity contribution in [3.63, 3.8) is 0 Å². The number of hydrogen-bond donors (Lipinski definition) is 2. The molecule has 0 saturated carbocycles. The van der Waals surface area contributed by atoms with Crippen LogP contribution in [0.2, 0.25) is 0 Å². The summed E-state index contributed by atoms with van der Waals surface area (Å²) in [5, 5.41) is 19.8. The zero-order valence-electron chi connectivity index (χ0n) is 21.5. The second-order valence-corrected chi connectivity index (χ2v) is 10.9. The number of fused-ring (bicyclic) bond motifs is 1. The minimum Gasteiger partial charge on any atom is -0.465 e. The summed E-state index contributed by atoms with van der Waals surface area (Å²) in [4.78, 5) is 27.0. The summed E-state index contributed by atoms with van der Waals surface area (Å²) >= 11 is 0. The third-order valence-electron chi connectivity index (χ3n) is 7.91. The van der Waals surface area contributed by atoms with E-state index in [0.717, 1.165) is 10.5 Å². The Morgan fingerprint density at radius 1 is 1.11 bits per heavy atom. The lowest BCUT2D eigenvalue weighted by atomic mass is 9.74. The minimum absolute atomic E-state index is 0.0414. The van der Waals surface area contributed by atoms with E-state index in [1.165, 1.54) is 4.90 Å². The number of carboxylic acid groups (broad SMARTS) is 1. The first-order valence-electron chi connectivity index (χ1n) is 12.1. The molecule has 37 heavy (non-hydrogen) atoms. The van der Waals surface area contributed by atoms with Crippen LogP contribution in [0.25, 0.3) is 0 Å². The number of aliphatic hydroxyl groups is 1. The van der Waals surface area contributed by atoms with Crippen LogP contribution in [-0.2, 0) is 31.8 Å². The molecule has 204 valence electrons. The summed E-state index contributed by atoms with van der Waals surface area (Å²) in [6.45, 7) is 8.16. The lowest BCUT2D eigenvalue weighted by Gasteiger charge is -2.39. The van der Waals surface area contributed by atoms with E-state index in [1.807, 2.05) is 33.8 Å². The van der Waals surface area contributed by atoms with E-state index >= 15 is 0 Å². The molecule has 9 nitrogen and oxygen atoms in total. The first-order valence-corrected chi connectivity index (χ1v) is 12.1. The van der Waals surface area contributed by atoms with Gasteiger partial charge in [0.1, 0.15) is 0 Å². The number of alkyl halides is 3. The van der Waals surface area contributed by atoms with Crippen molar-refractivity contribution in [1.82, 2.24) is 9.80 Å². The molecule has 1 aromatic rings. The van der Waals surface area contributed by atoms with Crippen LogP contribution in [0.3, 0.4) is 0 Å². The van der Waals surface area contributed by atoms with Gasteiger partial charge in [0.05, 0.1) is 30.5 Å². The number of halogens is 3. The molecule has 3 aliphatic heterocycles. The molecule has 0 bridgehead atoms. The van der Waals surface area contributed by atoms with Crippen LogP contribution in [0, 0.1) is 0 Å². The number of amides is 2.